The van der Waals surface area contributed by atoms with E-state index >= 15 is 0 Å². The summed E-state index contributed by atoms with van der Waals surface area (Å²) in [5, 5.41) is 9.15. The molecule has 1 atom stereocenters. The van der Waals surface area contributed by atoms with E-state index in [2.05, 4.69) is 10.4 Å². The van der Waals surface area contributed by atoms with Crippen molar-refractivity contribution < 1.29 is 13.6 Å². The topological polar surface area (TPSA) is 71.0 Å². The molecule has 4 rings (SSSR count). The molecule has 132 valence electrons. The Morgan fingerprint density at radius 2 is 2.04 bits per heavy atom. The Labute approximate surface area is 151 Å². The summed E-state index contributed by atoms with van der Waals surface area (Å²) in [4.78, 5) is 12.8. The van der Waals surface area contributed by atoms with Gasteiger partial charge in [0.15, 0.2) is 0 Å². The summed E-state index contributed by atoms with van der Waals surface area (Å²) in [5.41, 5.74) is 2.78. The number of nitrogens with zero attached hydrogens (tertiary/aromatic N) is 2. The lowest BCUT2D eigenvalue weighted by Gasteiger charge is -2.20. The molecule has 3 heterocycles. The molecule has 1 aromatic carbocycles. The molecule has 1 amide bonds. The molecule has 0 fully saturated rings. The number of anilines is 1. The summed E-state index contributed by atoms with van der Waals surface area (Å²) in [6.07, 6.45) is 3.76. The van der Waals surface area contributed by atoms with Crippen molar-refractivity contribution in [2.24, 2.45) is 5.10 Å². The zero-order chi connectivity index (χ0) is 17.9. The van der Waals surface area contributed by atoms with Crippen LogP contribution in [0.1, 0.15) is 29.5 Å². The first-order chi connectivity index (χ1) is 12.7. The number of carbonyl (C=O) groups is 1. The van der Waals surface area contributed by atoms with Crippen LogP contribution in [0.15, 0.2) is 75.0 Å². The highest BCUT2D eigenvalue weighted by Gasteiger charge is 2.35. The van der Waals surface area contributed by atoms with E-state index in [4.69, 9.17) is 8.83 Å². The van der Waals surface area contributed by atoms with Crippen LogP contribution >= 0.6 is 0 Å². The average Bonchev–Trinajstić information content (AvgIpc) is 3.40. The molecule has 1 unspecified atom stereocenters. The number of hydrazone groups is 1. The highest BCUT2D eigenvalue weighted by atomic mass is 16.3. The fraction of sp³-hybridized carbons (Fsp3) is 0.200. The van der Waals surface area contributed by atoms with Crippen molar-refractivity contribution in [1.29, 1.82) is 0 Å². The lowest BCUT2D eigenvalue weighted by Crippen LogP contribution is -2.32. The molecule has 3 aromatic rings. The third-order valence-electron chi connectivity index (χ3n) is 4.30. The summed E-state index contributed by atoms with van der Waals surface area (Å²) in [6.45, 7) is 2.16. The van der Waals surface area contributed by atoms with Gasteiger partial charge in [-0.05, 0) is 48.9 Å². The lowest BCUT2D eigenvalue weighted by molar-refractivity contribution is -0.131. The second-order valence-corrected chi connectivity index (χ2v) is 6.22. The lowest BCUT2D eigenvalue weighted by atomic mass is 10.1. The molecule has 0 saturated heterocycles. The van der Waals surface area contributed by atoms with Gasteiger partial charge in [0.2, 0.25) is 0 Å². The SMILES string of the molecule is Cc1cccc(NCC(=O)N2N=C(c3ccco3)CC2c2ccco2)c1. The van der Waals surface area contributed by atoms with Crippen LogP contribution in [0.3, 0.4) is 0 Å². The standard InChI is InChI=1S/C20H19N3O3/c1-14-5-2-6-15(11-14)21-13-20(24)23-17(19-8-4-10-26-19)12-16(22-23)18-7-3-9-25-18/h2-11,17,21H,12-13H2,1H3. The van der Waals surface area contributed by atoms with Gasteiger partial charge in [0.1, 0.15) is 23.3 Å². The number of carbonyl (C=O) groups excluding carboxylic acids is 1. The molecular formula is C20H19N3O3. The minimum Gasteiger partial charge on any atom is -0.467 e. The Bertz CT molecular complexity index is 914. The Morgan fingerprint density at radius 3 is 2.77 bits per heavy atom. The molecule has 0 spiro atoms. The normalized spacial score (nSPS) is 16.6. The fourth-order valence-corrected chi connectivity index (χ4v) is 3.05. The van der Waals surface area contributed by atoms with Crippen molar-refractivity contribution in [3.63, 3.8) is 0 Å². The zero-order valence-electron chi connectivity index (χ0n) is 14.4. The quantitative estimate of drug-likeness (QED) is 0.756. The predicted molar refractivity (Wildman–Crippen MR) is 97.8 cm³/mol. The Balaban J connectivity index is 1.53. The van der Waals surface area contributed by atoms with Gasteiger partial charge in [-0.15, -0.1) is 0 Å². The van der Waals surface area contributed by atoms with E-state index in [1.54, 1.807) is 12.5 Å². The van der Waals surface area contributed by atoms with Gasteiger partial charge in [0, 0.05) is 12.1 Å². The molecule has 26 heavy (non-hydrogen) atoms. The summed E-state index contributed by atoms with van der Waals surface area (Å²) in [5.74, 6) is 1.25. The second-order valence-electron chi connectivity index (χ2n) is 6.22. The summed E-state index contributed by atoms with van der Waals surface area (Å²) in [7, 11) is 0. The summed E-state index contributed by atoms with van der Waals surface area (Å²) in [6, 6.07) is 15.0. The predicted octanol–water partition coefficient (Wildman–Crippen LogP) is 3.97. The summed E-state index contributed by atoms with van der Waals surface area (Å²) >= 11 is 0. The monoisotopic (exact) mass is 349 g/mol. The van der Waals surface area contributed by atoms with Crippen molar-refractivity contribution in [1.82, 2.24) is 5.01 Å². The van der Waals surface area contributed by atoms with Crippen LogP contribution in [-0.4, -0.2) is 23.2 Å². The highest BCUT2D eigenvalue weighted by molar-refractivity contribution is 6.01. The van der Waals surface area contributed by atoms with Crippen LogP contribution in [0.25, 0.3) is 0 Å². The van der Waals surface area contributed by atoms with Crippen molar-refractivity contribution in [2.45, 2.75) is 19.4 Å². The maximum Gasteiger partial charge on any atom is 0.262 e. The second kappa shape index (κ2) is 6.92. The molecule has 1 aliphatic rings. The molecule has 6 heteroatoms. The van der Waals surface area contributed by atoms with E-state index < -0.39 is 0 Å². The molecule has 0 aliphatic carbocycles. The van der Waals surface area contributed by atoms with E-state index in [0.29, 0.717) is 17.9 Å². The van der Waals surface area contributed by atoms with Crippen molar-refractivity contribution in [2.75, 3.05) is 11.9 Å². The van der Waals surface area contributed by atoms with Crippen LogP contribution < -0.4 is 5.32 Å². The number of aryl methyl sites for hydroxylation is 1. The Kier molecular flexibility index (Phi) is 4.31. The number of hydrogen-bond acceptors (Lipinski definition) is 5. The van der Waals surface area contributed by atoms with E-state index in [9.17, 15) is 4.79 Å². The third kappa shape index (κ3) is 3.26. The van der Waals surface area contributed by atoms with Gasteiger partial charge in [-0.3, -0.25) is 4.79 Å². The number of nitrogens with one attached hydrogen (secondary N) is 1. The molecule has 2 aromatic heterocycles. The third-order valence-corrected chi connectivity index (χ3v) is 4.30. The number of benzene rings is 1. The van der Waals surface area contributed by atoms with Gasteiger partial charge < -0.3 is 14.2 Å². The number of rotatable bonds is 5. The van der Waals surface area contributed by atoms with Crippen molar-refractivity contribution in [3.05, 3.63) is 78.1 Å². The van der Waals surface area contributed by atoms with Crippen LogP contribution in [-0.2, 0) is 4.79 Å². The number of amides is 1. The maximum absolute atomic E-state index is 12.8. The number of hydrogen-bond donors (Lipinski definition) is 1. The van der Waals surface area contributed by atoms with Gasteiger partial charge in [0.25, 0.3) is 5.91 Å². The van der Waals surface area contributed by atoms with Crippen LogP contribution in [0, 0.1) is 6.92 Å². The first-order valence-electron chi connectivity index (χ1n) is 8.48. The molecule has 0 saturated carbocycles. The Morgan fingerprint density at radius 1 is 1.19 bits per heavy atom. The fourth-order valence-electron chi connectivity index (χ4n) is 3.05. The van der Waals surface area contributed by atoms with Gasteiger partial charge in [-0.2, -0.15) is 5.10 Å². The molecule has 0 radical (unpaired) electrons. The van der Waals surface area contributed by atoms with Gasteiger partial charge in [-0.25, -0.2) is 5.01 Å². The average molecular weight is 349 g/mol. The molecular weight excluding hydrogens is 330 g/mol. The van der Waals surface area contributed by atoms with E-state index in [1.807, 2.05) is 55.5 Å². The van der Waals surface area contributed by atoms with Crippen LogP contribution in [0.4, 0.5) is 5.69 Å². The van der Waals surface area contributed by atoms with Crippen LogP contribution in [0.2, 0.25) is 0 Å². The molecule has 1 aliphatic heterocycles. The Hall–Kier alpha value is -3.28. The van der Waals surface area contributed by atoms with E-state index in [0.717, 1.165) is 17.0 Å². The van der Waals surface area contributed by atoms with Crippen molar-refractivity contribution in [3.8, 4) is 0 Å². The minimum atomic E-state index is -0.267. The van der Waals surface area contributed by atoms with E-state index in [-0.39, 0.29) is 18.5 Å². The maximum atomic E-state index is 12.8. The number of furan rings is 2. The summed E-state index contributed by atoms with van der Waals surface area (Å²) < 4.78 is 11.0. The minimum absolute atomic E-state index is 0.130. The van der Waals surface area contributed by atoms with Gasteiger partial charge in [0.05, 0.1) is 19.1 Å². The van der Waals surface area contributed by atoms with E-state index in [1.165, 1.54) is 5.01 Å². The van der Waals surface area contributed by atoms with Crippen LogP contribution in [0.5, 0.6) is 0 Å². The molecule has 1 N–H and O–H groups in total. The van der Waals surface area contributed by atoms with Gasteiger partial charge >= 0.3 is 0 Å². The molecule has 6 nitrogen and oxygen atoms in total. The largest absolute Gasteiger partial charge is 0.467 e. The molecule has 0 bridgehead atoms. The van der Waals surface area contributed by atoms with Gasteiger partial charge in [-0.1, -0.05) is 12.1 Å². The first-order valence-corrected chi connectivity index (χ1v) is 8.48. The first kappa shape index (κ1) is 16.2. The zero-order valence-corrected chi connectivity index (χ0v) is 14.4. The smallest absolute Gasteiger partial charge is 0.262 e. The van der Waals surface area contributed by atoms with Crippen molar-refractivity contribution >= 4 is 17.3 Å². The highest BCUT2D eigenvalue weighted by Crippen LogP contribution is 2.33.